The monoisotopic (exact) mass is 408 g/mol. The second kappa shape index (κ2) is 8.36. The molecule has 1 aliphatic rings. The Labute approximate surface area is 176 Å². The largest absolute Gasteiger partial charge is 0.507 e. The first-order valence-electron chi connectivity index (χ1n) is 10.3. The van der Waals surface area contributed by atoms with E-state index in [2.05, 4.69) is 29.4 Å². The zero-order chi connectivity index (χ0) is 21.3. The van der Waals surface area contributed by atoms with Crippen LogP contribution in [0.4, 0.5) is 0 Å². The number of fused-ring (bicyclic) bond motifs is 2. The molecule has 7 heteroatoms. The number of ether oxygens (including phenoxy) is 1. The highest BCUT2D eigenvalue weighted by Gasteiger charge is 2.27. The van der Waals surface area contributed by atoms with E-state index < -0.39 is 0 Å². The van der Waals surface area contributed by atoms with E-state index in [1.54, 1.807) is 17.0 Å². The Morgan fingerprint density at radius 1 is 1.27 bits per heavy atom. The van der Waals surface area contributed by atoms with Crippen molar-refractivity contribution in [3.63, 3.8) is 0 Å². The maximum absolute atomic E-state index is 13.2. The van der Waals surface area contributed by atoms with E-state index in [1.165, 1.54) is 0 Å². The summed E-state index contributed by atoms with van der Waals surface area (Å²) in [4.78, 5) is 15.0. The van der Waals surface area contributed by atoms with E-state index in [0.29, 0.717) is 31.2 Å². The molecule has 0 saturated carbocycles. The van der Waals surface area contributed by atoms with Crippen LogP contribution in [0.1, 0.15) is 41.0 Å². The Morgan fingerprint density at radius 3 is 2.83 bits per heavy atom. The topological polar surface area (TPSA) is 90.5 Å². The van der Waals surface area contributed by atoms with E-state index in [9.17, 15) is 9.90 Å². The molecular weight excluding hydrogens is 380 g/mol. The quantitative estimate of drug-likeness (QED) is 0.522. The van der Waals surface area contributed by atoms with E-state index in [0.717, 1.165) is 46.4 Å². The number of phenols is 1. The van der Waals surface area contributed by atoms with E-state index in [-0.39, 0.29) is 11.7 Å². The molecule has 1 amide bonds. The number of carbonyl (C=O) groups is 1. The van der Waals surface area contributed by atoms with Crippen LogP contribution in [0.3, 0.4) is 0 Å². The first kappa shape index (κ1) is 20.2. The Kier molecular flexibility index (Phi) is 5.63. The molecule has 1 aromatic heterocycles. The molecule has 30 heavy (non-hydrogen) atoms. The zero-order valence-corrected chi connectivity index (χ0v) is 17.7. The number of phenolic OH excluding ortho intramolecular Hbond substituents is 1. The number of nitrogens with zero attached hydrogens (tertiary/aromatic N) is 2. The number of aromatic hydroxyl groups is 1. The third-order valence-corrected chi connectivity index (χ3v) is 5.40. The molecule has 7 nitrogen and oxygen atoms in total. The standard InChI is InChI=1S/C23H28N4O3/c1-14(2)8-20-18-10-19(22(28)11-21(18)26-25-20)23(29)27-12-15-4-5-17(9-16(15)13-27)30-7-6-24-3/h4-5,9-11,14,24,28H,6-8,12-13H2,1-3H3,(H,25,26). The van der Waals surface area contributed by atoms with Crippen LogP contribution >= 0.6 is 0 Å². The first-order chi connectivity index (χ1) is 14.5. The summed E-state index contributed by atoms with van der Waals surface area (Å²) in [6.07, 6.45) is 0.809. The number of H-pyrrole nitrogens is 1. The summed E-state index contributed by atoms with van der Waals surface area (Å²) in [6, 6.07) is 9.31. The van der Waals surface area contributed by atoms with Crippen molar-refractivity contribution in [2.45, 2.75) is 33.4 Å². The number of rotatable bonds is 7. The predicted molar refractivity (Wildman–Crippen MR) is 116 cm³/mol. The first-order valence-corrected chi connectivity index (χ1v) is 10.3. The van der Waals surface area contributed by atoms with Crippen LogP contribution in [-0.2, 0) is 19.5 Å². The molecule has 3 aromatic rings. The van der Waals surface area contributed by atoms with Gasteiger partial charge in [-0.05, 0) is 48.7 Å². The number of aromatic nitrogens is 2. The fourth-order valence-electron chi connectivity index (χ4n) is 3.87. The zero-order valence-electron chi connectivity index (χ0n) is 17.7. The Morgan fingerprint density at radius 2 is 2.07 bits per heavy atom. The van der Waals surface area contributed by atoms with Gasteiger partial charge in [-0.3, -0.25) is 9.89 Å². The highest BCUT2D eigenvalue weighted by Crippen LogP contribution is 2.32. The summed E-state index contributed by atoms with van der Waals surface area (Å²) >= 11 is 0. The Hall–Kier alpha value is -3.06. The molecule has 0 spiro atoms. The summed E-state index contributed by atoms with van der Waals surface area (Å²) in [5.74, 6) is 1.04. The van der Waals surface area contributed by atoms with E-state index in [1.807, 2.05) is 25.2 Å². The van der Waals surface area contributed by atoms with Gasteiger partial charge >= 0.3 is 0 Å². The minimum absolute atomic E-state index is 0.0284. The molecule has 0 saturated heterocycles. The number of hydrogen-bond acceptors (Lipinski definition) is 5. The molecule has 2 heterocycles. The number of aromatic amines is 1. The molecule has 158 valence electrons. The van der Waals surface area contributed by atoms with Gasteiger partial charge in [0.2, 0.25) is 0 Å². The molecule has 0 aliphatic carbocycles. The molecular formula is C23H28N4O3. The average Bonchev–Trinajstić information content (AvgIpc) is 3.30. The van der Waals surface area contributed by atoms with Crippen LogP contribution in [0.5, 0.6) is 11.5 Å². The van der Waals surface area contributed by atoms with Crippen LogP contribution in [-0.4, -0.2) is 46.3 Å². The molecule has 0 bridgehead atoms. The van der Waals surface area contributed by atoms with Crippen LogP contribution in [0, 0.1) is 5.92 Å². The summed E-state index contributed by atoms with van der Waals surface area (Å²) in [5, 5.41) is 21.8. The second-order valence-corrected chi connectivity index (χ2v) is 8.23. The number of likely N-dealkylation sites (N-methyl/N-ethyl adjacent to an activating group) is 1. The van der Waals surface area contributed by atoms with Crippen molar-refractivity contribution in [1.82, 2.24) is 20.4 Å². The maximum atomic E-state index is 13.2. The normalized spacial score (nSPS) is 13.3. The van der Waals surface area contributed by atoms with Gasteiger partial charge in [-0.15, -0.1) is 0 Å². The fraction of sp³-hybridized carbons (Fsp3) is 0.391. The third-order valence-electron chi connectivity index (χ3n) is 5.40. The fourth-order valence-corrected chi connectivity index (χ4v) is 3.87. The van der Waals surface area contributed by atoms with Crippen molar-refractivity contribution in [3.05, 3.63) is 52.7 Å². The van der Waals surface area contributed by atoms with Crippen molar-refractivity contribution in [3.8, 4) is 11.5 Å². The van der Waals surface area contributed by atoms with Gasteiger partial charge in [0.25, 0.3) is 5.91 Å². The van der Waals surface area contributed by atoms with Gasteiger partial charge in [-0.25, -0.2) is 0 Å². The van der Waals surface area contributed by atoms with Gasteiger partial charge in [-0.1, -0.05) is 19.9 Å². The number of carbonyl (C=O) groups excluding carboxylic acids is 1. The van der Waals surface area contributed by atoms with Gasteiger partial charge in [0.15, 0.2) is 0 Å². The number of benzene rings is 2. The summed E-state index contributed by atoms with van der Waals surface area (Å²) < 4.78 is 5.74. The highest BCUT2D eigenvalue weighted by atomic mass is 16.5. The predicted octanol–water partition coefficient (Wildman–Crippen LogP) is 3.22. The molecule has 0 fully saturated rings. The minimum Gasteiger partial charge on any atom is -0.507 e. The average molecular weight is 409 g/mol. The Balaban J connectivity index is 1.55. The highest BCUT2D eigenvalue weighted by molar-refractivity contribution is 6.01. The molecule has 0 atom stereocenters. The minimum atomic E-state index is -0.181. The van der Waals surface area contributed by atoms with Crippen molar-refractivity contribution in [2.75, 3.05) is 20.2 Å². The van der Waals surface area contributed by atoms with Crippen LogP contribution in [0.25, 0.3) is 10.9 Å². The lowest BCUT2D eigenvalue weighted by molar-refractivity contribution is 0.0748. The van der Waals surface area contributed by atoms with Crippen molar-refractivity contribution >= 4 is 16.8 Å². The number of amides is 1. The van der Waals surface area contributed by atoms with Gasteiger partial charge in [0.05, 0.1) is 16.8 Å². The summed E-state index contributed by atoms with van der Waals surface area (Å²) in [5.41, 5.74) is 4.16. The number of hydrogen-bond donors (Lipinski definition) is 3. The summed E-state index contributed by atoms with van der Waals surface area (Å²) in [6.45, 7) is 6.65. The molecule has 4 rings (SSSR count). The SMILES string of the molecule is CNCCOc1ccc2c(c1)CN(C(=O)c1cc3c(CC(C)C)n[nH]c3cc1O)C2. The second-order valence-electron chi connectivity index (χ2n) is 8.23. The van der Waals surface area contributed by atoms with E-state index >= 15 is 0 Å². The third kappa shape index (κ3) is 3.98. The van der Waals surface area contributed by atoms with Gasteiger partial charge in [0.1, 0.15) is 18.1 Å². The van der Waals surface area contributed by atoms with Crippen LogP contribution in [0.2, 0.25) is 0 Å². The van der Waals surface area contributed by atoms with Crippen LogP contribution < -0.4 is 10.1 Å². The van der Waals surface area contributed by atoms with Crippen molar-refractivity contribution < 1.29 is 14.6 Å². The van der Waals surface area contributed by atoms with E-state index in [4.69, 9.17) is 4.74 Å². The molecule has 0 radical (unpaired) electrons. The smallest absolute Gasteiger partial charge is 0.258 e. The van der Waals surface area contributed by atoms with Crippen molar-refractivity contribution in [2.24, 2.45) is 5.92 Å². The van der Waals surface area contributed by atoms with Crippen LogP contribution in [0.15, 0.2) is 30.3 Å². The lowest BCUT2D eigenvalue weighted by atomic mass is 10.0. The molecule has 3 N–H and O–H groups in total. The molecule has 0 unspecified atom stereocenters. The van der Waals surface area contributed by atoms with Crippen molar-refractivity contribution in [1.29, 1.82) is 0 Å². The Bertz CT molecular complexity index is 1070. The van der Waals surface area contributed by atoms with Gasteiger partial charge in [-0.2, -0.15) is 5.10 Å². The lowest BCUT2D eigenvalue weighted by Gasteiger charge is -2.16. The summed E-state index contributed by atoms with van der Waals surface area (Å²) in [7, 11) is 1.89. The van der Waals surface area contributed by atoms with Gasteiger partial charge in [0, 0.05) is 31.1 Å². The maximum Gasteiger partial charge on any atom is 0.258 e. The molecule has 2 aromatic carbocycles. The number of nitrogens with one attached hydrogen (secondary N) is 2. The lowest BCUT2D eigenvalue weighted by Crippen LogP contribution is -2.25. The molecule has 1 aliphatic heterocycles. The van der Waals surface area contributed by atoms with Gasteiger partial charge < -0.3 is 20.1 Å².